The number of nitrogens with zero attached hydrogens (tertiary/aromatic N) is 3. The number of hydrogen-bond acceptors (Lipinski definition) is 5. The van der Waals surface area contributed by atoms with E-state index in [2.05, 4.69) is 105 Å². The van der Waals surface area contributed by atoms with E-state index in [4.69, 9.17) is 10.5 Å². The number of fused-ring (bicyclic) bond motifs is 1. The summed E-state index contributed by atoms with van der Waals surface area (Å²) in [5.41, 5.74) is 11.4. The number of rotatable bonds is 6. The number of carbonyl (C=O) groups is 1. The summed E-state index contributed by atoms with van der Waals surface area (Å²) in [6.07, 6.45) is -0.856. The number of carbonyl (C=O) groups excluding carboxylic acids is 1. The van der Waals surface area contributed by atoms with Crippen LogP contribution in [-0.2, 0) is 0 Å². The van der Waals surface area contributed by atoms with Crippen molar-refractivity contribution in [2.45, 2.75) is 6.04 Å². The van der Waals surface area contributed by atoms with Crippen LogP contribution < -0.4 is 15.4 Å². The molecule has 1 amide bonds. The number of nitrogens with two attached hydrogens (primary N) is 1. The lowest BCUT2D eigenvalue weighted by Crippen LogP contribution is -2.48. The van der Waals surface area contributed by atoms with Crippen LogP contribution in [0.3, 0.4) is 0 Å². The van der Waals surface area contributed by atoms with Crippen molar-refractivity contribution in [2.75, 3.05) is 31.1 Å². The standard InChI is InChI=1S/C31H29N5O2/c32-31(37)38-27-13-7-12-26-28(27)34-30(33-26)24-14-16-25(17-15-24)35-18-20-36(21-19-35)29(22-8-3-1-4-9-22)23-10-5-2-6-11-23/h1-17,29H,18-21H2,(H2,32,37)(H,33,34). The third-order valence-electron chi connectivity index (χ3n) is 7.10. The van der Waals surface area contributed by atoms with E-state index in [1.54, 1.807) is 12.1 Å². The fourth-order valence-electron chi connectivity index (χ4n) is 5.29. The van der Waals surface area contributed by atoms with Gasteiger partial charge in [-0.25, -0.2) is 9.78 Å². The lowest BCUT2D eigenvalue weighted by atomic mass is 9.96. The van der Waals surface area contributed by atoms with Crippen molar-refractivity contribution < 1.29 is 9.53 Å². The SMILES string of the molecule is NC(=O)Oc1cccc2[nH]c(-c3ccc(N4CCN(C(c5ccccc5)c5ccccc5)CC4)cc3)nc12. The van der Waals surface area contributed by atoms with Crippen molar-refractivity contribution in [1.82, 2.24) is 14.9 Å². The summed E-state index contributed by atoms with van der Waals surface area (Å²) in [7, 11) is 0. The van der Waals surface area contributed by atoms with Crippen LogP contribution in [-0.4, -0.2) is 47.1 Å². The van der Waals surface area contributed by atoms with Gasteiger partial charge in [-0.15, -0.1) is 0 Å². The van der Waals surface area contributed by atoms with Crippen molar-refractivity contribution in [3.63, 3.8) is 0 Å². The Morgan fingerprint density at radius 3 is 2.03 bits per heavy atom. The molecule has 1 aliphatic rings. The van der Waals surface area contributed by atoms with Gasteiger partial charge in [0.1, 0.15) is 11.3 Å². The fourth-order valence-corrected chi connectivity index (χ4v) is 5.29. The normalized spacial score (nSPS) is 14.2. The van der Waals surface area contributed by atoms with Gasteiger partial charge >= 0.3 is 6.09 Å². The maximum atomic E-state index is 11.2. The number of benzene rings is 4. The molecule has 1 saturated heterocycles. The molecule has 6 rings (SSSR count). The quantitative estimate of drug-likeness (QED) is 0.315. The first-order valence-corrected chi connectivity index (χ1v) is 12.8. The molecular formula is C31H29N5O2. The molecule has 0 bridgehead atoms. The van der Waals surface area contributed by atoms with Crippen LogP contribution in [0, 0.1) is 0 Å². The maximum absolute atomic E-state index is 11.2. The van der Waals surface area contributed by atoms with Gasteiger partial charge in [0.15, 0.2) is 5.75 Å². The van der Waals surface area contributed by atoms with Gasteiger partial charge in [0.25, 0.3) is 0 Å². The Balaban J connectivity index is 1.17. The summed E-state index contributed by atoms with van der Waals surface area (Å²) in [6.45, 7) is 3.85. The predicted molar refractivity (Wildman–Crippen MR) is 150 cm³/mol. The van der Waals surface area contributed by atoms with Crippen LogP contribution >= 0.6 is 0 Å². The Kier molecular flexibility index (Phi) is 6.50. The van der Waals surface area contributed by atoms with E-state index < -0.39 is 6.09 Å². The molecule has 4 aromatic carbocycles. The van der Waals surface area contributed by atoms with E-state index in [9.17, 15) is 4.79 Å². The smallest absolute Gasteiger partial charge is 0.408 e. The van der Waals surface area contributed by atoms with Gasteiger partial charge in [0.2, 0.25) is 0 Å². The van der Waals surface area contributed by atoms with E-state index in [0.717, 1.165) is 37.3 Å². The third-order valence-corrected chi connectivity index (χ3v) is 7.10. The van der Waals surface area contributed by atoms with Crippen LogP contribution in [0.5, 0.6) is 5.75 Å². The number of nitrogens with one attached hydrogen (secondary N) is 1. The molecule has 0 saturated carbocycles. The van der Waals surface area contributed by atoms with Crippen LogP contribution in [0.25, 0.3) is 22.4 Å². The lowest BCUT2D eigenvalue weighted by molar-refractivity contribution is 0.211. The number of primary amides is 1. The highest BCUT2D eigenvalue weighted by Crippen LogP contribution is 2.32. The summed E-state index contributed by atoms with van der Waals surface area (Å²) in [5, 5.41) is 0. The molecule has 38 heavy (non-hydrogen) atoms. The molecule has 2 heterocycles. The highest BCUT2D eigenvalue weighted by Gasteiger charge is 2.26. The summed E-state index contributed by atoms with van der Waals surface area (Å²) in [5.74, 6) is 1.06. The Bertz CT molecular complexity index is 1490. The van der Waals surface area contributed by atoms with Crippen LogP contribution in [0.1, 0.15) is 17.2 Å². The number of H-pyrrole nitrogens is 1. The Labute approximate surface area is 221 Å². The Morgan fingerprint density at radius 2 is 1.42 bits per heavy atom. The molecule has 7 heteroatoms. The number of aromatic amines is 1. The number of aromatic nitrogens is 2. The molecule has 190 valence electrons. The van der Waals surface area contributed by atoms with E-state index in [1.165, 1.54) is 16.8 Å². The van der Waals surface area contributed by atoms with E-state index in [-0.39, 0.29) is 6.04 Å². The van der Waals surface area contributed by atoms with Gasteiger partial charge in [0, 0.05) is 37.4 Å². The minimum atomic E-state index is -0.856. The molecule has 7 nitrogen and oxygen atoms in total. The second-order valence-electron chi connectivity index (χ2n) is 9.45. The molecule has 5 aromatic rings. The van der Waals surface area contributed by atoms with Crippen molar-refractivity contribution in [1.29, 1.82) is 0 Å². The van der Waals surface area contributed by atoms with Gasteiger partial charge in [-0.3, -0.25) is 4.90 Å². The average molecular weight is 504 g/mol. The number of ether oxygens (including phenoxy) is 1. The molecule has 0 atom stereocenters. The highest BCUT2D eigenvalue weighted by atomic mass is 16.5. The molecule has 0 radical (unpaired) electrons. The zero-order valence-electron chi connectivity index (χ0n) is 21.0. The van der Waals surface area contributed by atoms with E-state index in [0.29, 0.717) is 17.1 Å². The number of amides is 1. The molecule has 1 aromatic heterocycles. The van der Waals surface area contributed by atoms with Crippen molar-refractivity contribution >= 4 is 22.8 Å². The molecule has 0 unspecified atom stereocenters. The maximum Gasteiger partial charge on any atom is 0.410 e. The number of anilines is 1. The van der Waals surface area contributed by atoms with E-state index >= 15 is 0 Å². The topological polar surface area (TPSA) is 87.5 Å². The zero-order chi connectivity index (χ0) is 25.9. The molecular weight excluding hydrogens is 474 g/mol. The molecule has 1 aliphatic heterocycles. The first kappa shape index (κ1) is 23.8. The van der Waals surface area contributed by atoms with Gasteiger partial charge in [-0.1, -0.05) is 66.7 Å². The number of imidazole rings is 1. The van der Waals surface area contributed by atoms with Gasteiger partial charge in [-0.05, 0) is 47.5 Å². The Morgan fingerprint density at radius 1 is 0.789 bits per heavy atom. The molecule has 0 spiro atoms. The van der Waals surface area contributed by atoms with Crippen molar-refractivity contribution in [2.24, 2.45) is 5.73 Å². The minimum absolute atomic E-state index is 0.249. The lowest BCUT2D eigenvalue weighted by Gasteiger charge is -2.40. The van der Waals surface area contributed by atoms with Gasteiger partial charge in [0.05, 0.1) is 11.6 Å². The number of para-hydroxylation sites is 1. The minimum Gasteiger partial charge on any atom is -0.408 e. The summed E-state index contributed by atoms with van der Waals surface area (Å²) < 4.78 is 5.10. The summed E-state index contributed by atoms with van der Waals surface area (Å²) >= 11 is 0. The van der Waals surface area contributed by atoms with Crippen LogP contribution in [0.4, 0.5) is 10.5 Å². The molecule has 1 fully saturated rings. The zero-order valence-corrected chi connectivity index (χ0v) is 21.0. The third kappa shape index (κ3) is 4.84. The van der Waals surface area contributed by atoms with Crippen LogP contribution in [0.2, 0.25) is 0 Å². The van der Waals surface area contributed by atoms with Gasteiger partial charge in [-0.2, -0.15) is 0 Å². The summed E-state index contributed by atoms with van der Waals surface area (Å²) in [6, 6.07) is 35.6. The first-order chi connectivity index (χ1) is 18.7. The largest absolute Gasteiger partial charge is 0.410 e. The molecule has 0 aliphatic carbocycles. The average Bonchev–Trinajstić information content (AvgIpc) is 3.40. The first-order valence-electron chi connectivity index (χ1n) is 12.8. The number of piperazine rings is 1. The monoisotopic (exact) mass is 503 g/mol. The van der Waals surface area contributed by atoms with Gasteiger partial charge < -0.3 is 20.4 Å². The van der Waals surface area contributed by atoms with Crippen molar-refractivity contribution in [3.05, 3.63) is 114 Å². The second kappa shape index (κ2) is 10.4. The predicted octanol–water partition coefficient (Wildman–Crippen LogP) is 5.60. The summed E-state index contributed by atoms with van der Waals surface area (Å²) in [4.78, 5) is 24.2. The molecule has 3 N–H and O–H groups in total. The van der Waals surface area contributed by atoms with Crippen molar-refractivity contribution in [3.8, 4) is 17.1 Å². The number of hydrogen-bond donors (Lipinski definition) is 2. The fraction of sp³-hybridized carbons (Fsp3) is 0.161. The highest BCUT2D eigenvalue weighted by molar-refractivity contribution is 5.87. The van der Waals surface area contributed by atoms with Crippen LogP contribution in [0.15, 0.2) is 103 Å². The van der Waals surface area contributed by atoms with E-state index in [1.807, 2.05) is 6.07 Å². The second-order valence-corrected chi connectivity index (χ2v) is 9.45. The Hall–Kier alpha value is -4.62.